The third kappa shape index (κ3) is 2.95. The number of primary sulfonamides is 1. The topological polar surface area (TPSA) is 118 Å². The Morgan fingerprint density at radius 3 is 2.68 bits per heavy atom. The number of sulfonamides is 1. The first-order valence-electron chi connectivity index (χ1n) is 6.25. The molecule has 1 amide bonds. The summed E-state index contributed by atoms with van der Waals surface area (Å²) in [5.74, 6) is -0.0621. The molecule has 1 aromatic rings. The number of rotatable bonds is 5. The van der Waals surface area contributed by atoms with Crippen molar-refractivity contribution in [2.45, 2.75) is 44.0 Å². The molecule has 1 heterocycles. The lowest BCUT2D eigenvalue weighted by atomic mass is 10.2. The molecule has 1 fully saturated rings. The highest BCUT2D eigenvalue weighted by molar-refractivity contribution is 7.89. The summed E-state index contributed by atoms with van der Waals surface area (Å²) in [6, 6.07) is 0.104. The minimum atomic E-state index is -3.97. The Balaban J connectivity index is 2.31. The molecule has 7 nitrogen and oxygen atoms in total. The number of nitrogens with zero attached hydrogens (tertiary/aromatic N) is 1. The van der Waals surface area contributed by atoms with Crippen LogP contribution in [0.4, 0.5) is 0 Å². The fourth-order valence-corrected chi connectivity index (χ4v) is 2.91. The van der Waals surface area contributed by atoms with Crippen LogP contribution in [-0.2, 0) is 16.4 Å². The molecule has 1 aromatic heterocycles. The summed E-state index contributed by atoms with van der Waals surface area (Å²) in [7, 11) is -3.97. The van der Waals surface area contributed by atoms with Gasteiger partial charge in [0.1, 0.15) is 4.90 Å². The van der Waals surface area contributed by atoms with Crippen molar-refractivity contribution in [1.29, 1.82) is 0 Å². The van der Waals surface area contributed by atoms with Gasteiger partial charge >= 0.3 is 0 Å². The normalized spacial score (nSPS) is 22.3. The zero-order valence-corrected chi connectivity index (χ0v) is 11.8. The van der Waals surface area contributed by atoms with Crippen LogP contribution in [0.1, 0.15) is 42.9 Å². The second kappa shape index (κ2) is 4.93. The number of aromatic nitrogens is 2. The van der Waals surface area contributed by atoms with E-state index in [1.807, 2.05) is 13.8 Å². The molecule has 0 aromatic carbocycles. The zero-order chi connectivity index (χ0) is 14.2. The Labute approximate surface area is 112 Å². The lowest BCUT2D eigenvalue weighted by Crippen LogP contribution is -2.29. The van der Waals surface area contributed by atoms with E-state index >= 15 is 0 Å². The van der Waals surface area contributed by atoms with Crippen molar-refractivity contribution in [2.24, 2.45) is 11.1 Å². The Morgan fingerprint density at radius 1 is 1.58 bits per heavy atom. The van der Waals surface area contributed by atoms with Crippen LogP contribution < -0.4 is 10.5 Å². The average Bonchev–Trinajstić information content (AvgIpc) is 2.82. The first-order chi connectivity index (χ1) is 8.84. The lowest BCUT2D eigenvalue weighted by Gasteiger charge is -2.04. The van der Waals surface area contributed by atoms with Crippen LogP contribution in [0, 0.1) is 5.92 Å². The highest BCUT2D eigenvalue weighted by atomic mass is 32.2. The maximum absolute atomic E-state index is 12.0. The molecule has 2 atom stereocenters. The molecule has 1 aliphatic carbocycles. The molecule has 2 rings (SSSR count). The van der Waals surface area contributed by atoms with E-state index in [1.54, 1.807) is 0 Å². The van der Waals surface area contributed by atoms with Gasteiger partial charge in [-0.25, -0.2) is 13.6 Å². The van der Waals surface area contributed by atoms with E-state index < -0.39 is 15.9 Å². The first kappa shape index (κ1) is 14.0. The van der Waals surface area contributed by atoms with Gasteiger partial charge in [0.15, 0.2) is 5.69 Å². The Morgan fingerprint density at radius 2 is 2.21 bits per heavy atom. The van der Waals surface area contributed by atoms with Gasteiger partial charge in [0.25, 0.3) is 5.91 Å². The van der Waals surface area contributed by atoms with Gasteiger partial charge in [-0.1, -0.05) is 20.3 Å². The number of carbonyl (C=O) groups excluding carboxylic acids is 1. The van der Waals surface area contributed by atoms with Crippen LogP contribution in [0.2, 0.25) is 0 Å². The second-order valence-corrected chi connectivity index (χ2v) is 6.47. The quantitative estimate of drug-likeness (QED) is 0.713. The smallest absolute Gasteiger partial charge is 0.273 e. The number of aromatic amines is 1. The van der Waals surface area contributed by atoms with E-state index in [-0.39, 0.29) is 16.6 Å². The van der Waals surface area contributed by atoms with E-state index in [9.17, 15) is 13.2 Å². The number of aryl methyl sites for hydroxylation is 1. The van der Waals surface area contributed by atoms with Gasteiger partial charge in [-0.3, -0.25) is 9.89 Å². The summed E-state index contributed by atoms with van der Waals surface area (Å²) in [6.07, 6.45) is 2.11. The van der Waals surface area contributed by atoms with Gasteiger partial charge < -0.3 is 5.32 Å². The molecule has 106 valence electrons. The SMILES string of the molecule is CCCc1[nH]nc(C(=O)NC2CC2C)c1S(N)(=O)=O. The van der Waals surface area contributed by atoms with Gasteiger partial charge in [-0.2, -0.15) is 5.10 Å². The zero-order valence-electron chi connectivity index (χ0n) is 10.9. The fraction of sp³-hybridized carbons (Fsp3) is 0.636. The monoisotopic (exact) mass is 286 g/mol. The number of hydrogen-bond donors (Lipinski definition) is 3. The van der Waals surface area contributed by atoms with Crippen LogP contribution in [0.25, 0.3) is 0 Å². The molecule has 0 radical (unpaired) electrons. The Bertz CT molecular complexity index is 593. The third-order valence-corrected chi connectivity index (χ3v) is 4.23. The number of nitrogens with two attached hydrogens (primary N) is 1. The van der Waals surface area contributed by atoms with E-state index in [2.05, 4.69) is 15.5 Å². The molecule has 0 bridgehead atoms. The predicted molar refractivity (Wildman–Crippen MR) is 69.0 cm³/mol. The number of amides is 1. The van der Waals surface area contributed by atoms with E-state index in [4.69, 9.17) is 5.14 Å². The largest absolute Gasteiger partial charge is 0.348 e. The number of nitrogens with one attached hydrogen (secondary N) is 2. The van der Waals surface area contributed by atoms with E-state index in [1.165, 1.54) is 0 Å². The summed E-state index contributed by atoms with van der Waals surface area (Å²) in [6.45, 7) is 3.91. The van der Waals surface area contributed by atoms with Gasteiger partial charge in [-0.15, -0.1) is 0 Å². The molecule has 19 heavy (non-hydrogen) atoms. The maximum atomic E-state index is 12.0. The molecule has 0 aliphatic heterocycles. The minimum absolute atomic E-state index is 0.104. The van der Waals surface area contributed by atoms with Gasteiger partial charge in [0, 0.05) is 6.04 Å². The highest BCUT2D eigenvalue weighted by Gasteiger charge is 2.36. The summed E-state index contributed by atoms with van der Waals surface area (Å²) >= 11 is 0. The van der Waals surface area contributed by atoms with Gasteiger partial charge in [0.2, 0.25) is 10.0 Å². The summed E-state index contributed by atoms with van der Waals surface area (Å²) < 4.78 is 23.2. The van der Waals surface area contributed by atoms with Crippen LogP contribution >= 0.6 is 0 Å². The maximum Gasteiger partial charge on any atom is 0.273 e. The molecule has 2 unspecified atom stereocenters. The number of H-pyrrole nitrogens is 1. The third-order valence-electron chi connectivity index (χ3n) is 3.22. The summed E-state index contributed by atoms with van der Waals surface area (Å²) in [5.41, 5.74) is 0.254. The predicted octanol–water partition coefficient (Wildman–Crippen LogP) is 0.148. The van der Waals surface area contributed by atoms with Gasteiger partial charge in [0.05, 0.1) is 5.69 Å². The van der Waals surface area contributed by atoms with Crippen molar-refractivity contribution >= 4 is 15.9 Å². The standard InChI is InChI=1S/C11H18N4O3S/c1-3-4-7-10(19(12,17)18)9(15-14-7)11(16)13-8-5-6(8)2/h6,8H,3-5H2,1-2H3,(H,13,16)(H,14,15)(H2,12,17,18). The van der Waals surface area contributed by atoms with Crippen molar-refractivity contribution in [3.05, 3.63) is 11.4 Å². The van der Waals surface area contributed by atoms with Crippen molar-refractivity contribution in [2.75, 3.05) is 0 Å². The first-order valence-corrected chi connectivity index (χ1v) is 7.80. The lowest BCUT2D eigenvalue weighted by molar-refractivity contribution is 0.0941. The van der Waals surface area contributed by atoms with Crippen molar-refractivity contribution < 1.29 is 13.2 Å². The van der Waals surface area contributed by atoms with Crippen LogP contribution in [0.3, 0.4) is 0 Å². The Hall–Kier alpha value is -1.41. The molecular weight excluding hydrogens is 268 g/mol. The van der Waals surface area contributed by atoms with E-state index in [0.717, 1.165) is 12.8 Å². The molecule has 0 spiro atoms. The molecular formula is C11H18N4O3S. The second-order valence-electron chi connectivity index (χ2n) is 4.97. The fourth-order valence-electron chi connectivity index (χ4n) is 2.01. The number of hydrogen-bond acceptors (Lipinski definition) is 4. The van der Waals surface area contributed by atoms with Crippen LogP contribution in [-0.4, -0.2) is 30.6 Å². The average molecular weight is 286 g/mol. The highest BCUT2D eigenvalue weighted by Crippen LogP contribution is 2.29. The van der Waals surface area contributed by atoms with Crippen molar-refractivity contribution in [1.82, 2.24) is 15.5 Å². The van der Waals surface area contributed by atoms with Crippen LogP contribution in [0.5, 0.6) is 0 Å². The molecule has 1 saturated carbocycles. The molecule has 0 saturated heterocycles. The van der Waals surface area contributed by atoms with Crippen molar-refractivity contribution in [3.8, 4) is 0 Å². The van der Waals surface area contributed by atoms with Crippen LogP contribution in [0.15, 0.2) is 4.90 Å². The minimum Gasteiger partial charge on any atom is -0.348 e. The molecule has 4 N–H and O–H groups in total. The van der Waals surface area contributed by atoms with Crippen molar-refractivity contribution in [3.63, 3.8) is 0 Å². The van der Waals surface area contributed by atoms with E-state index in [0.29, 0.717) is 18.0 Å². The molecule has 8 heteroatoms. The number of carbonyl (C=O) groups is 1. The summed E-state index contributed by atoms with van der Waals surface area (Å²) in [4.78, 5) is 11.8. The van der Waals surface area contributed by atoms with Gasteiger partial charge in [-0.05, 0) is 18.8 Å². The molecule has 1 aliphatic rings. The Kier molecular flexibility index (Phi) is 3.64. The summed E-state index contributed by atoms with van der Waals surface area (Å²) in [5, 5.41) is 14.3.